The lowest BCUT2D eigenvalue weighted by atomic mass is 10.0. The Morgan fingerprint density at radius 3 is 2.64 bits per heavy atom. The maximum absolute atomic E-state index is 13.1. The molecule has 1 atom stereocenters. The van der Waals surface area contributed by atoms with Crippen LogP contribution in [0.5, 0.6) is 0 Å². The number of halogens is 2. The normalized spacial score (nSPS) is 17.7. The quantitative estimate of drug-likeness (QED) is 0.780. The van der Waals surface area contributed by atoms with E-state index in [1.54, 1.807) is 12.1 Å². The lowest BCUT2D eigenvalue weighted by Crippen LogP contribution is -2.49. The molecule has 0 unspecified atom stereocenters. The van der Waals surface area contributed by atoms with Crippen LogP contribution in [0.25, 0.3) is 0 Å². The van der Waals surface area contributed by atoms with E-state index in [4.69, 9.17) is 28.5 Å². The first-order chi connectivity index (χ1) is 13.3. The van der Waals surface area contributed by atoms with Gasteiger partial charge >= 0.3 is 0 Å². The van der Waals surface area contributed by atoms with Crippen molar-refractivity contribution in [3.63, 3.8) is 0 Å². The Morgan fingerprint density at radius 1 is 1.14 bits per heavy atom. The number of rotatable bonds is 4. The fraction of sp³-hybridized carbons (Fsp3) is 0.263. The average Bonchev–Trinajstić information content (AvgIpc) is 2.70. The lowest BCUT2D eigenvalue weighted by molar-refractivity contribution is -0.120. The van der Waals surface area contributed by atoms with Crippen molar-refractivity contribution in [2.45, 2.75) is 30.2 Å². The van der Waals surface area contributed by atoms with Crippen molar-refractivity contribution in [1.29, 1.82) is 5.26 Å². The zero-order valence-corrected chi connectivity index (χ0v) is 17.1. The van der Waals surface area contributed by atoms with Crippen LogP contribution in [0.3, 0.4) is 0 Å². The van der Waals surface area contributed by atoms with E-state index in [9.17, 15) is 13.2 Å². The Balaban J connectivity index is 1.87. The number of nitrogens with zero attached hydrogens (tertiary/aromatic N) is 2. The van der Waals surface area contributed by atoms with Gasteiger partial charge < -0.3 is 5.32 Å². The summed E-state index contributed by atoms with van der Waals surface area (Å²) in [4.78, 5) is 12.8. The summed E-state index contributed by atoms with van der Waals surface area (Å²) < 4.78 is 27.4. The molecule has 146 valence electrons. The van der Waals surface area contributed by atoms with Crippen LogP contribution in [0.1, 0.15) is 24.8 Å². The van der Waals surface area contributed by atoms with E-state index in [0.29, 0.717) is 28.6 Å². The predicted molar refractivity (Wildman–Crippen MR) is 108 cm³/mol. The molecule has 28 heavy (non-hydrogen) atoms. The second-order valence-electron chi connectivity index (χ2n) is 6.39. The molecule has 0 spiro atoms. The molecule has 2 aromatic carbocycles. The summed E-state index contributed by atoms with van der Waals surface area (Å²) >= 11 is 11.9. The van der Waals surface area contributed by atoms with Gasteiger partial charge in [0.2, 0.25) is 15.9 Å². The topological polar surface area (TPSA) is 90.3 Å². The Hall–Kier alpha value is -2.11. The van der Waals surface area contributed by atoms with Gasteiger partial charge in [0.15, 0.2) is 0 Å². The smallest absolute Gasteiger partial charge is 0.243 e. The van der Waals surface area contributed by atoms with Gasteiger partial charge in [0.25, 0.3) is 0 Å². The molecule has 0 radical (unpaired) electrons. The van der Waals surface area contributed by atoms with Crippen molar-refractivity contribution in [2.24, 2.45) is 0 Å². The summed E-state index contributed by atoms with van der Waals surface area (Å²) in [7, 11) is -3.92. The van der Waals surface area contributed by atoms with Gasteiger partial charge in [0, 0.05) is 12.2 Å². The molecule has 1 N–H and O–H groups in total. The highest BCUT2D eigenvalue weighted by atomic mass is 35.5. The zero-order chi connectivity index (χ0) is 20.3. The summed E-state index contributed by atoms with van der Waals surface area (Å²) in [6, 6.07) is 11.6. The van der Waals surface area contributed by atoms with E-state index in [2.05, 4.69) is 5.32 Å². The first-order valence-electron chi connectivity index (χ1n) is 8.61. The van der Waals surface area contributed by atoms with Crippen LogP contribution < -0.4 is 5.32 Å². The predicted octanol–water partition coefficient (Wildman–Crippen LogP) is 4.05. The Bertz CT molecular complexity index is 1050. The molecule has 2 aromatic rings. The standard InChI is InChI=1S/C19H17Cl2N3O3S/c20-16-8-7-14(11-17(16)21)23-19(25)18-6-1-2-9-24(18)28(26,27)15-5-3-4-13(10-15)12-22/h3-5,7-8,10-11,18H,1-2,6,9H2,(H,23,25)/t18-/m0/s1. The SMILES string of the molecule is N#Cc1cccc(S(=O)(=O)N2CCCC[C@H]2C(=O)Nc2ccc(Cl)c(Cl)c2)c1. The van der Waals surface area contributed by atoms with Crippen LogP contribution in [0.15, 0.2) is 47.4 Å². The summed E-state index contributed by atoms with van der Waals surface area (Å²) in [5.41, 5.74) is 0.684. The van der Waals surface area contributed by atoms with Gasteiger partial charge in [-0.3, -0.25) is 4.79 Å². The van der Waals surface area contributed by atoms with E-state index in [1.165, 1.54) is 34.6 Å². The molecule has 3 rings (SSSR count). The van der Waals surface area contributed by atoms with Crippen molar-refractivity contribution in [3.8, 4) is 6.07 Å². The molecule has 0 bridgehead atoms. The highest BCUT2D eigenvalue weighted by molar-refractivity contribution is 7.89. The van der Waals surface area contributed by atoms with Crippen LogP contribution in [0.2, 0.25) is 10.0 Å². The number of piperidine rings is 1. The average molecular weight is 438 g/mol. The lowest BCUT2D eigenvalue weighted by Gasteiger charge is -2.33. The van der Waals surface area contributed by atoms with Crippen molar-refractivity contribution < 1.29 is 13.2 Å². The summed E-state index contributed by atoms with van der Waals surface area (Å²) in [5, 5.41) is 12.4. The van der Waals surface area contributed by atoms with E-state index in [0.717, 1.165) is 6.42 Å². The molecule has 0 saturated carbocycles. The second-order valence-corrected chi connectivity index (χ2v) is 9.09. The number of benzene rings is 2. The molecule has 1 fully saturated rings. The van der Waals surface area contributed by atoms with Crippen LogP contribution in [0, 0.1) is 11.3 Å². The maximum Gasteiger partial charge on any atom is 0.243 e. The molecule has 0 aromatic heterocycles. The van der Waals surface area contributed by atoms with E-state index in [1.807, 2.05) is 6.07 Å². The molecule has 1 aliphatic heterocycles. The Labute approximate surface area is 173 Å². The monoisotopic (exact) mass is 437 g/mol. The summed E-state index contributed by atoms with van der Waals surface area (Å²) in [6.45, 7) is 0.235. The van der Waals surface area contributed by atoms with Crippen molar-refractivity contribution >= 4 is 44.8 Å². The minimum Gasteiger partial charge on any atom is -0.325 e. The number of carbonyl (C=O) groups excluding carboxylic acids is 1. The highest BCUT2D eigenvalue weighted by Gasteiger charge is 2.37. The van der Waals surface area contributed by atoms with Crippen LogP contribution >= 0.6 is 23.2 Å². The van der Waals surface area contributed by atoms with Crippen LogP contribution in [-0.2, 0) is 14.8 Å². The molecule has 1 amide bonds. The number of sulfonamides is 1. The molecule has 1 aliphatic rings. The third kappa shape index (κ3) is 4.31. The summed E-state index contributed by atoms with van der Waals surface area (Å²) in [5.74, 6) is -0.432. The van der Waals surface area contributed by atoms with Gasteiger partial charge in [-0.25, -0.2) is 8.42 Å². The first kappa shape index (κ1) is 20.6. The minimum absolute atomic E-state index is 0.000729. The van der Waals surface area contributed by atoms with Gasteiger partial charge in [0.1, 0.15) is 6.04 Å². The highest BCUT2D eigenvalue weighted by Crippen LogP contribution is 2.28. The van der Waals surface area contributed by atoms with E-state index in [-0.39, 0.29) is 17.0 Å². The van der Waals surface area contributed by atoms with Gasteiger partial charge in [-0.05, 0) is 49.2 Å². The number of nitrogens with one attached hydrogen (secondary N) is 1. The number of carbonyl (C=O) groups is 1. The minimum atomic E-state index is -3.92. The fourth-order valence-electron chi connectivity index (χ4n) is 3.12. The second kappa shape index (κ2) is 8.50. The van der Waals surface area contributed by atoms with E-state index < -0.39 is 22.0 Å². The number of nitriles is 1. The van der Waals surface area contributed by atoms with E-state index >= 15 is 0 Å². The number of hydrogen-bond donors (Lipinski definition) is 1. The molecule has 9 heteroatoms. The van der Waals surface area contributed by atoms with Crippen molar-refractivity contribution in [3.05, 3.63) is 58.1 Å². The molecule has 0 aliphatic carbocycles. The summed E-state index contributed by atoms with van der Waals surface area (Å²) in [6.07, 6.45) is 1.81. The van der Waals surface area contributed by atoms with Crippen LogP contribution in [-0.4, -0.2) is 31.2 Å². The Kier molecular flexibility index (Phi) is 6.26. The number of hydrogen-bond acceptors (Lipinski definition) is 4. The molecule has 1 heterocycles. The third-order valence-electron chi connectivity index (χ3n) is 4.51. The largest absolute Gasteiger partial charge is 0.325 e. The van der Waals surface area contributed by atoms with Gasteiger partial charge in [-0.1, -0.05) is 35.7 Å². The fourth-order valence-corrected chi connectivity index (χ4v) is 5.12. The maximum atomic E-state index is 13.1. The molecular formula is C19H17Cl2N3O3S. The van der Waals surface area contributed by atoms with Gasteiger partial charge in [0.05, 0.1) is 26.6 Å². The zero-order valence-electron chi connectivity index (χ0n) is 14.7. The van der Waals surface area contributed by atoms with Crippen molar-refractivity contribution in [2.75, 3.05) is 11.9 Å². The van der Waals surface area contributed by atoms with Crippen LogP contribution in [0.4, 0.5) is 5.69 Å². The van der Waals surface area contributed by atoms with Crippen molar-refractivity contribution in [1.82, 2.24) is 4.31 Å². The first-order valence-corrected chi connectivity index (χ1v) is 10.8. The molecule has 1 saturated heterocycles. The number of amides is 1. The molecular weight excluding hydrogens is 421 g/mol. The van der Waals surface area contributed by atoms with Gasteiger partial charge in [-0.2, -0.15) is 9.57 Å². The number of anilines is 1. The third-order valence-corrected chi connectivity index (χ3v) is 7.16. The van der Waals surface area contributed by atoms with Gasteiger partial charge in [-0.15, -0.1) is 0 Å². The Morgan fingerprint density at radius 2 is 1.93 bits per heavy atom. The molecule has 6 nitrogen and oxygen atoms in total.